The van der Waals surface area contributed by atoms with Gasteiger partial charge in [0, 0.05) is 33.8 Å². The molecule has 2 bridgehead atoms. The molecule has 2 saturated carbocycles. The van der Waals surface area contributed by atoms with E-state index < -0.39 is 23.7 Å². The Balaban J connectivity index is 1.11. The molecule has 2 amide bonds. The minimum absolute atomic E-state index is 0.0524. The van der Waals surface area contributed by atoms with Crippen molar-refractivity contribution in [1.29, 1.82) is 0 Å². The molecule has 5 aliphatic rings. The van der Waals surface area contributed by atoms with Gasteiger partial charge >= 0.3 is 5.97 Å². The first-order chi connectivity index (χ1) is 23.2. The molecule has 9 rings (SSSR count). The van der Waals surface area contributed by atoms with Crippen molar-refractivity contribution in [1.82, 2.24) is 4.98 Å². The molecule has 3 fully saturated rings. The third-order valence-electron chi connectivity index (χ3n) is 10.5. The van der Waals surface area contributed by atoms with Gasteiger partial charge in [-0.2, -0.15) is 0 Å². The number of rotatable bonds is 8. The third kappa shape index (κ3) is 4.88. The number of Topliss-reactive ketones (excluding diaryl/α,β-unsaturated/α-hetero) is 1. The van der Waals surface area contributed by atoms with E-state index in [-0.39, 0.29) is 58.9 Å². The van der Waals surface area contributed by atoms with E-state index in [1.807, 2.05) is 0 Å². The predicted octanol–water partition coefficient (Wildman–Crippen LogP) is 7.60. The summed E-state index contributed by atoms with van der Waals surface area (Å²) in [6.45, 7) is 1.80. The van der Waals surface area contributed by atoms with Crippen molar-refractivity contribution in [3.63, 3.8) is 0 Å². The van der Waals surface area contributed by atoms with Crippen molar-refractivity contribution in [2.75, 3.05) is 10.8 Å². The zero-order chi connectivity index (χ0) is 33.4. The number of ketones is 1. The Hall–Kier alpha value is -4.40. The second-order valence-electron chi connectivity index (χ2n) is 13.1. The number of anilines is 1. The summed E-state index contributed by atoms with van der Waals surface area (Å²) in [5, 5.41) is 0.945. The number of aromatic nitrogens is 1. The van der Waals surface area contributed by atoms with Crippen LogP contribution in [-0.2, 0) is 14.3 Å². The average Bonchev–Trinajstić information content (AvgIpc) is 3.88. The fourth-order valence-electron chi connectivity index (χ4n) is 8.05. The number of benzene rings is 3. The standard InChI is InChI=1S/C38H29Cl2FN2O5/c1-18-29(40)13-12-25-28(38(47)48-31(14-15-39)35(44)20-2-6-21(41)7-3-20)17-30(42-34(18)25)19-4-8-22(9-5-19)43-36(45)32-23-10-11-24(27-16-26(23)27)33(32)37(43)46/h2-13,17,23-24,26-27,31-33H,14-16H2,1H3. The van der Waals surface area contributed by atoms with E-state index in [2.05, 4.69) is 12.2 Å². The first-order valence-corrected chi connectivity index (χ1v) is 16.9. The van der Waals surface area contributed by atoms with Crippen LogP contribution in [0.1, 0.15) is 39.1 Å². The highest BCUT2D eigenvalue weighted by atomic mass is 35.5. The molecule has 48 heavy (non-hydrogen) atoms. The van der Waals surface area contributed by atoms with Crippen LogP contribution in [0.3, 0.4) is 0 Å². The van der Waals surface area contributed by atoms with E-state index in [0.29, 0.717) is 50.3 Å². The summed E-state index contributed by atoms with van der Waals surface area (Å²) in [7, 11) is 0. The van der Waals surface area contributed by atoms with Crippen molar-refractivity contribution >= 4 is 63.4 Å². The minimum atomic E-state index is -1.20. The Labute approximate surface area is 285 Å². The highest BCUT2D eigenvalue weighted by Gasteiger charge is 2.67. The van der Waals surface area contributed by atoms with E-state index >= 15 is 0 Å². The number of hydrogen-bond donors (Lipinski definition) is 0. The number of aryl methyl sites for hydroxylation is 1. The molecule has 7 nitrogen and oxygen atoms in total. The fraction of sp³-hybridized carbons (Fsp3) is 0.289. The number of fused-ring (bicyclic) bond motifs is 1. The molecule has 4 aromatic rings. The van der Waals surface area contributed by atoms with Crippen LogP contribution in [0.4, 0.5) is 10.1 Å². The van der Waals surface area contributed by atoms with E-state index in [9.17, 15) is 23.6 Å². The second kappa shape index (κ2) is 11.6. The molecule has 1 aromatic heterocycles. The number of imide groups is 1. The monoisotopic (exact) mass is 682 g/mol. The van der Waals surface area contributed by atoms with Gasteiger partial charge in [0.05, 0.1) is 34.3 Å². The summed E-state index contributed by atoms with van der Waals surface area (Å²) in [4.78, 5) is 60.5. The maximum absolute atomic E-state index is 13.8. The number of alkyl halides is 1. The highest BCUT2D eigenvalue weighted by molar-refractivity contribution is 6.32. The van der Waals surface area contributed by atoms with Gasteiger partial charge in [-0.05, 0) is 91.1 Å². The molecule has 10 heteroatoms. The number of hydrogen-bond acceptors (Lipinski definition) is 6. The Morgan fingerprint density at radius 1 is 0.958 bits per heavy atom. The van der Waals surface area contributed by atoms with Crippen LogP contribution in [0.2, 0.25) is 5.02 Å². The molecular weight excluding hydrogens is 654 g/mol. The van der Waals surface area contributed by atoms with E-state index in [4.69, 9.17) is 32.9 Å². The minimum Gasteiger partial charge on any atom is -0.450 e. The summed E-state index contributed by atoms with van der Waals surface area (Å²) in [6, 6.07) is 16.9. The van der Waals surface area contributed by atoms with Crippen LogP contribution >= 0.6 is 23.2 Å². The second-order valence-corrected chi connectivity index (χ2v) is 13.9. The SMILES string of the molecule is Cc1c(Cl)ccc2c(C(=O)OC(CCCl)C(=O)c3ccc(F)cc3)cc(-c3ccc(N4C(=O)C5C6C=CC(C7CC67)C5C4=O)cc3)nc12. The number of nitrogens with zero attached hydrogens (tertiary/aromatic N) is 2. The van der Waals surface area contributed by atoms with E-state index in [1.54, 1.807) is 49.4 Å². The number of halogens is 3. The van der Waals surface area contributed by atoms with Crippen molar-refractivity contribution < 1.29 is 28.3 Å². The van der Waals surface area contributed by atoms with Crippen LogP contribution in [0.5, 0.6) is 0 Å². The summed E-state index contributed by atoms with van der Waals surface area (Å²) < 4.78 is 19.3. The molecule has 0 N–H and O–H groups in total. The Morgan fingerprint density at radius 2 is 1.60 bits per heavy atom. The number of ether oxygens (including phenoxy) is 1. The number of carbonyl (C=O) groups excluding carboxylic acids is 4. The molecule has 1 aliphatic heterocycles. The van der Waals surface area contributed by atoms with Crippen LogP contribution < -0.4 is 4.90 Å². The van der Waals surface area contributed by atoms with E-state index in [1.165, 1.54) is 29.2 Å². The quantitative estimate of drug-likeness (QED) is 0.0625. The molecule has 3 aromatic carbocycles. The molecule has 2 heterocycles. The van der Waals surface area contributed by atoms with Gasteiger partial charge in [-0.3, -0.25) is 19.3 Å². The first kappa shape index (κ1) is 30.9. The average molecular weight is 684 g/mol. The van der Waals surface area contributed by atoms with Gasteiger partial charge < -0.3 is 4.74 Å². The smallest absolute Gasteiger partial charge is 0.339 e. The lowest BCUT2D eigenvalue weighted by Gasteiger charge is -2.37. The first-order valence-electron chi connectivity index (χ1n) is 16.0. The highest BCUT2D eigenvalue weighted by Crippen LogP contribution is 2.65. The molecule has 7 atom stereocenters. The lowest BCUT2D eigenvalue weighted by atomic mass is 9.63. The molecule has 0 spiro atoms. The van der Waals surface area contributed by atoms with E-state index in [0.717, 1.165) is 6.42 Å². The van der Waals surface area contributed by atoms with Crippen LogP contribution in [0, 0.1) is 48.2 Å². The maximum atomic E-state index is 13.8. The van der Waals surface area contributed by atoms with Crippen LogP contribution in [0.25, 0.3) is 22.2 Å². The van der Waals surface area contributed by atoms with Gasteiger partial charge in [0.25, 0.3) is 0 Å². The summed E-state index contributed by atoms with van der Waals surface area (Å²) in [5.74, 6) is -1.25. The van der Waals surface area contributed by atoms with Gasteiger partial charge in [0.2, 0.25) is 17.6 Å². The zero-order valence-electron chi connectivity index (χ0n) is 25.7. The molecule has 7 unspecified atom stereocenters. The Morgan fingerprint density at radius 3 is 2.23 bits per heavy atom. The number of carbonyl (C=O) groups is 4. The van der Waals surface area contributed by atoms with Gasteiger partial charge in [0.15, 0.2) is 6.10 Å². The van der Waals surface area contributed by atoms with Crippen molar-refractivity contribution in [2.24, 2.45) is 35.5 Å². The number of amides is 2. The largest absolute Gasteiger partial charge is 0.450 e. The number of allylic oxidation sites excluding steroid dienone is 2. The van der Waals surface area contributed by atoms with Crippen molar-refractivity contribution in [2.45, 2.75) is 25.9 Å². The van der Waals surface area contributed by atoms with Crippen molar-refractivity contribution in [3.8, 4) is 11.3 Å². The normalized spacial score (nSPS) is 25.6. The molecular formula is C38H29Cl2FN2O5. The van der Waals surface area contributed by atoms with Crippen LogP contribution in [0.15, 0.2) is 78.9 Å². The van der Waals surface area contributed by atoms with Crippen LogP contribution in [-0.4, -0.2) is 40.5 Å². The summed E-state index contributed by atoms with van der Waals surface area (Å²) in [6.07, 6.45) is 4.25. The molecule has 1 saturated heterocycles. The lowest BCUT2D eigenvalue weighted by Crippen LogP contribution is -2.40. The fourth-order valence-corrected chi connectivity index (χ4v) is 8.40. The summed E-state index contributed by atoms with van der Waals surface area (Å²) >= 11 is 12.4. The topological polar surface area (TPSA) is 93.6 Å². The van der Waals surface area contributed by atoms with Crippen molar-refractivity contribution in [3.05, 3.63) is 106 Å². The number of esters is 1. The zero-order valence-corrected chi connectivity index (χ0v) is 27.2. The Kier molecular flexibility index (Phi) is 7.49. The lowest BCUT2D eigenvalue weighted by molar-refractivity contribution is -0.124. The maximum Gasteiger partial charge on any atom is 0.339 e. The van der Waals surface area contributed by atoms with Gasteiger partial charge in [-0.15, -0.1) is 11.6 Å². The molecule has 4 aliphatic carbocycles. The number of pyridine rings is 1. The Bertz CT molecular complexity index is 2030. The third-order valence-corrected chi connectivity index (χ3v) is 11.1. The van der Waals surface area contributed by atoms with Gasteiger partial charge in [-0.25, -0.2) is 14.2 Å². The molecule has 242 valence electrons. The predicted molar refractivity (Wildman–Crippen MR) is 179 cm³/mol. The summed E-state index contributed by atoms with van der Waals surface area (Å²) in [5.41, 5.74) is 3.05. The van der Waals surface area contributed by atoms with Gasteiger partial charge in [0.1, 0.15) is 5.82 Å². The molecule has 0 radical (unpaired) electrons. The van der Waals surface area contributed by atoms with Gasteiger partial charge in [-0.1, -0.05) is 42.0 Å².